The third-order valence-electron chi connectivity index (χ3n) is 3.18. The topological polar surface area (TPSA) is 35.5 Å². The number of ether oxygens (including phenoxy) is 2. The molecule has 0 N–H and O–H groups in total. The molecule has 96 valence electrons. The molecule has 0 unspecified atom stereocenters. The normalized spacial score (nSPS) is 22.6. The second-order valence-electron chi connectivity index (χ2n) is 4.49. The van der Waals surface area contributed by atoms with Gasteiger partial charge in [0.1, 0.15) is 11.9 Å². The lowest BCUT2D eigenvalue weighted by Gasteiger charge is -2.23. The molecule has 1 aromatic carbocycles. The van der Waals surface area contributed by atoms with Crippen LogP contribution in [0.3, 0.4) is 0 Å². The second kappa shape index (κ2) is 5.71. The fourth-order valence-corrected chi connectivity index (χ4v) is 2.23. The maximum absolute atomic E-state index is 10.9. The smallest absolute Gasteiger partial charge is 0.303 e. The van der Waals surface area contributed by atoms with Gasteiger partial charge in [0.15, 0.2) is 0 Å². The van der Waals surface area contributed by atoms with Crippen molar-refractivity contribution in [2.45, 2.75) is 31.8 Å². The van der Waals surface area contributed by atoms with E-state index in [4.69, 9.17) is 9.47 Å². The van der Waals surface area contributed by atoms with Crippen molar-refractivity contribution in [3.8, 4) is 5.75 Å². The van der Waals surface area contributed by atoms with E-state index in [-0.39, 0.29) is 12.1 Å². The van der Waals surface area contributed by atoms with E-state index in [0.717, 1.165) is 18.6 Å². The first kappa shape index (κ1) is 12.7. The van der Waals surface area contributed by atoms with Crippen molar-refractivity contribution in [3.63, 3.8) is 0 Å². The Balaban J connectivity index is 2.01. The predicted molar refractivity (Wildman–Crippen MR) is 69.7 cm³/mol. The molecule has 0 bridgehead atoms. The highest BCUT2D eigenvalue weighted by atomic mass is 16.5. The van der Waals surface area contributed by atoms with Crippen LogP contribution in [0.25, 0.3) is 0 Å². The van der Waals surface area contributed by atoms with E-state index < -0.39 is 0 Å². The molecule has 0 aliphatic heterocycles. The number of hydrogen-bond acceptors (Lipinski definition) is 3. The van der Waals surface area contributed by atoms with E-state index >= 15 is 0 Å². The van der Waals surface area contributed by atoms with Gasteiger partial charge in [-0.25, -0.2) is 0 Å². The Morgan fingerprint density at radius 1 is 1.17 bits per heavy atom. The molecule has 0 saturated heterocycles. The van der Waals surface area contributed by atoms with Crippen LogP contribution in [0.15, 0.2) is 36.4 Å². The second-order valence-corrected chi connectivity index (χ2v) is 4.49. The summed E-state index contributed by atoms with van der Waals surface area (Å²) in [5, 5.41) is 0. The summed E-state index contributed by atoms with van der Waals surface area (Å²) in [6, 6.07) is 8.11. The number of rotatable bonds is 3. The molecule has 0 heterocycles. The standard InChI is InChI=1S/C15H18O3/c1-11(16)18-15-9-5-13(6-10-15)12-3-7-14(17-2)8-4-12/h3-5,7-9,13,15H,6,10H2,1-2H3/t13-,15-/m0/s1. The van der Waals surface area contributed by atoms with Gasteiger partial charge in [0.25, 0.3) is 0 Å². The summed E-state index contributed by atoms with van der Waals surface area (Å²) in [4.78, 5) is 10.9. The molecule has 2 atom stereocenters. The van der Waals surface area contributed by atoms with Crippen molar-refractivity contribution in [1.29, 1.82) is 0 Å². The van der Waals surface area contributed by atoms with Crippen molar-refractivity contribution in [2.24, 2.45) is 0 Å². The minimum absolute atomic E-state index is 0.0583. The molecule has 1 aromatic rings. The Kier molecular flexibility index (Phi) is 4.03. The summed E-state index contributed by atoms with van der Waals surface area (Å²) in [6.07, 6.45) is 5.93. The SMILES string of the molecule is COc1ccc([C@H]2C=C[C@H](OC(C)=O)CC2)cc1. The number of hydrogen-bond donors (Lipinski definition) is 0. The van der Waals surface area contributed by atoms with Crippen LogP contribution in [-0.4, -0.2) is 19.2 Å². The summed E-state index contributed by atoms with van der Waals surface area (Å²) in [6.45, 7) is 1.45. The van der Waals surface area contributed by atoms with Gasteiger partial charge in [-0.15, -0.1) is 0 Å². The summed E-state index contributed by atoms with van der Waals surface area (Å²) >= 11 is 0. The molecule has 0 aromatic heterocycles. The lowest BCUT2D eigenvalue weighted by Crippen LogP contribution is -2.18. The first-order valence-corrected chi connectivity index (χ1v) is 6.18. The zero-order chi connectivity index (χ0) is 13.0. The lowest BCUT2D eigenvalue weighted by atomic mass is 9.88. The molecule has 18 heavy (non-hydrogen) atoms. The zero-order valence-electron chi connectivity index (χ0n) is 10.8. The summed E-state index contributed by atoms with van der Waals surface area (Å²) in [5.74, 6) is 1.06. The van der Waals surface area contributed by atoms with Gasteiger partial charge < -0.3 is 9.47 Å². The fourth-order valence-electron chi connectivity index (χ4n) is 2.23. The summed E-state index contributed by atoms with van der Waals surface area (Å²) in [5.41, 5.74) is 1.27. The van der Waals surface area contributed by atoms with Crippen LogP contribution < -0.4 is 4.74 Å². The van der Waals surface area contributed by atoms with Gasteiger partial charge in [-0.05, 0) is 36.6 Å². The number of carbonyl (C=O) groups excluding carboxylic acids is 1. The Morgan fingerprint density at radius 2 is 1.89 bits per heavy atom. The number of carbonyl (C=O) groups is 1. The molecule has 2 rings (SSSR count). The van der Waals surface area contributed by atoms with Gasteiger partial charge >= 0.3 is 5.97 Å². The molecule has 1 aliphatic carbocycles. The van der Waals surface area contributed by atoms with Gasteiger partial charge in [-0.1, -0.05) is 18.2 Å². The molecular formula is C15H18O3. The molecule has 0 fully saturated rings. The number of methoxy groups -OCH3 is 1. The third-order valence-corrected chi connectivity index (χ3v) is 3.18. The van der Waals surface area contributed by atoms with Crippen molar-refractivity contribution in [3.05, 3.63) is 42.0 Å². The van der Waals surface area contributed by atoms with Crippen molar-refractivity contribution >= 4 is 5.97 Å². The first-order chi connectivity index (χ1) is 8.69. The van der Waals surface area contributed by atoms with Gasteiger partial charge in [0, 0.05) is 12.8 Å². The van der Waals surface area contributed by atoms with Crippen molar-refractivity contribution in [1.82, 2.24) is 0 Å². The van der Waals surface area contributed by atoms with Crippen molar-refractivity contribution in [2.75, 3.05) is 7.11 Å². The molecule has 0 amide bonds. The minimum atomic E-state index is -0.215. The van der Waals surface area contributed by atoms with E-state index in [0.29, 0.717) is 5.92 Å². The van der Waals surface area contributed by atoms with E-state index in [1.807, 2.05) is 18.2 Å². The van der Waals surface area contributed by atoms with Crippen LogP contribution in [0.1, 0.15) is 31.2 Å². The van der Waals surface area contributed by atoms with Crippen molar-refractivity contribution < 1.29 is 14.3 Å². The summed E-state index contributed by atoms with van der Waals surface area (Å²) in [7, 11) is 1.67. The maximum atomic E-state index is 10.9. The molecule has 3 heteroatoms. The Hall–Kier alpha value is -1.77. The fraction of sp³-hybridized carbons (Fsp3) is 0.400. The molecule has 0 spiro atoms. The molecular weight excluding hydrogens is 228 g/mol. The maximum Gasteiger partial charge on any atom is 0.303 e. The number of allylic oxidation sites excluding steroid dienone is 1. The largest absolute Gasteiger partial charge is 0.497 e. The predicted octanol–water partition coefficient (Wildman–Crippen LogP) is 3.06. The van der Waals surface area contributed by atoms with E-state index in [2.05, 4.69) is 18.2 Å². The highest BCUT2D eigenvalue weighted by molar-refractivity contribution is 5.66. The van der Waals surface area contributed by atoms with Crippen LogP contribution in [0, 0.1) is 0 Å². The first-order valence-electron chi connectivity index (χ1n) is 6.18. The molecule has 0 radical (unpaired) electrons. The molecule has 3 nitrogen and oxygen atoms in total. The van der Waals surface area contributed by atoms with Crippen LogP contribution >= 0.6 is 0 Å². The molecule has 0 saturated carbocycles. The van der Waals surface area contributed by atoms with Crippen LogP contribution in [0.2, 0.25) is 0 Å². The van der Waals surface area contributed by atoms with E-state index in [1.54, 1.807) is 7.11 Å². The average Bonchev–Trinajstić information content (AvgIpc) is 2.39. The average molecular weight is 246 g/mol. The zero-order valence-corrected chi connectivity index (χ0v) is 10.8. The highest BCUT2D eigenvalue weighted by Gasteiger charge is 2.18. The highest BCUT2D eigenvalue weighted by Crippen LogP contribution is 2.29. The Morgan fingerprint density at radius 3 is 2.39 bits per heavy atom. The van der Waals surface area contributed by atoms with Crippen LogP contribution in [-0.2, 0) is 9.53 Å². The van der Waals surface area contributed by atoms with Gasteiger partial charge in [0.2, 0.25) is 0 Å². The summed E-state index contributed by atoms with van der Waals surface area (Å²) < 4.78 is 10.3. The van der Waals surface area contributed by atoms with Gasteiger partial charge in [-0.2, -0.15) is 0 Å². The van der Waals surface area contributed by atoms with Crippen LogP contribution in [0.4, 0.5) is 0 Å². The van der Waals surface area contributed by atoms with E-state index in [1.165, 1.54) is 12.5 Å². The van der Waals surface area contributed by atoms with E-state index in [9.17, 15) is 4.79 Å². The van der Waals surface area contributed by atoms with Gasteiger partial charge in [-0.3, -0.25) is 4.79 Å². The quantitative estimate of drug-likeness (QED) is 0.607. The minimum Gasteiger partial charge on any atom is -0.497 e. The lowest BCUT2D eigenvalue weighted by molar-refractivity contribution is -0.144. The Labute approximate surface area is 107 Å². The number of esters is 1. The van der Waals surface area contributed by atoms with Crippen LogP contribution in [0.5, 0.6) is 5.75 Å². The molecule has 1 aliphatic rings. The third kappa shape index (κ3) is 3.13. The number of benzene rings is 1. The van der Waals surface area contributed by atoms with Gasteiger partial charge in [0.05, 0.1) is 7.11 Å². The monoisotopic (exact) mass is 246 g/mol. The Bertz CT molecular complexity index is 434.